The van der Waals surface area contributed by atoms with Crippen LogP contribution in [0, 0.1) is 53.3 Å². The van der Waals surface area contributed by atoms with Crippen molar-refractivity contribution in [1.82, 2.24) is 14.9 Å². The number of carbonyl (C=O) groups excluding carboxylic acids is 1. The van der Waals surface area contributed by atoms with Gasteiger partial charge in [0, 0.05) is 43.9 Å². The van der Waals surface area contributed by atoms with E-state index in [1.807, 2.05) is 6.20 Å². The number of carbonyl (C=O) groups is 1. The third-order valence-electron chi connectivity index (χ3n) is 13.3. The Labute approximate surface area is 242 Å². The van der Waals surface area contributed by atoms with Crippen LogP contribution in [0.3, 0.4) is 0 Å². The number of amides is 1. The molecule has 222 valence electrons. The second kappa shape index (κ2) is 10.9. The van der Waals surface area contributed by atoms with Gasteiger partial charge < -0.3 is 14.9 Å². The SMILES string of the molecule is Cc1cncnc1N1CCN(C(=O)CCC(C)[C@H]2CC[C@H]3[C@@H]4CC[C@H]5C[C@@H](O)CC[C@]5(C)[C@H]4CC[C@]23C)C(C)C1. The first-order valence-corrected chi connectivity index (χ1v) is 16.6. The molecule has 1 aromatic heterocycles. The number of aliphatic hydroxyl groups is 1. The average Bonchev–Trinajstić information content (AvgIpc) is 3.29. The van der Waals surface area contributed by atoms with Crippen LogP contribution < -0.4 is 4.90 Å². The molecule has 4 aliphatic carbocycles. The van der Waals surface area contributed by atoms with Gasteiger partial charge in [0.05, 0.1) is 6.10 Å². The highest BCUT2D eigenvalue weighted by Gasteiger charge is 2.60. The third-order valence-corrected chi connectivity index (χ3v) is 13.3. The van der Waals surface area contributed by atoms with Crippen LogP contribution in [0.2, 0.25) is 0 Å². The van der Waals surface area contributed by atoms with Crippen molar-refractivity contribution in [3.8, 4) is 0 Å². The summed E-state index contributed by atoms with van der Waals surface area (Å²) in [7, 11) is 0. The first-order valence-electron chi connectivity index (χ1n) is 16.6. The molecule has 10 atom stereocenters. The molecule has 5 aliphatic rings. The molecule has 1 aromatic rings. The summed E-state index contributed by atoms with van der Waals surface area (Å²) >= 11 is 0. The molecule has 2 heterocycles. The maximum Gasteiger partial charge on any atom is 0.222 e. The Morgan fingerprint density at radius 3 is 2.62 bits per heavy atom. The van der Waals surface area contributed by atoms with Crippen molar-refractivity contribution in [3.63, 3.8) is 0 Å². The first-order chi connectivity index (χ1) is 19.1. The highest BCUT2D eigenvalue weighted by atomic mass is 16.3. The van der Waals surface area contributed by atoms with Gasteiger partial charge in [0.2, 0.25) is 5.91 Å². The van der Waals surface area contributed by atoms with Crippen molar-refractivity contribution in [2.24, 2.45) is 46.3 Å². The van der Waals surface area contributed by atoms with Crippen LogP contribution in [-0.4, -0.2) is 57.7 Å². The Morgan fingerprint density at radius 2 is 1.85 bits per heavy atom. The molecule has 1 amide bonds. The summed E-state index contributed by atoms with van der Waals surface area (Å²) in [4.78, 5) is 26.5. The van der Waals surface area contributed by atoms with Crippen LogP contribution in [0.4, 0.5) is 5.82 Å². The quantitative estimate of drug-likeness (QED) is 0.469. The van der Waals surface area contributed by atoms with Gasteiger partial charge in [-0.1, -0.05) is 20.8 Å². The zero-order valence-electron chi connectivity index (χ0n) is 25.8. The van der Waals surface area contributed by atoms with Crippen molar-refractivity contribution in [1.29, 1.82) is 0 Å². The number of anilines is 1. The lowest BCUT2D eigenvalue weighted by Crippen LogP contribution is -2.54. The fourth-order valence-corrected chi connectivity index (χ4v) is 11.2. The molecule has 5 fully saturated rings. The first kappa shape index (κ1) is 28.4. The van der Waals surface area contributed by atoms with Crippen molar-refractivity contribution in [2.45, 2.75) is 117 Å². The zero-order valence-corrected chi connectivity index (χ0v) is 25.8. The van der Waals surface area contributed by atoms with Crippen molar-refractivity contribution < 1.29 is 9.90 Å². The molecule has 6 heteroatoms. The number of aliphatic hydroxyl groups excluding tert-OH is 1. The molecule has 0 spiro atoms. The number of hydrogen-bond acceptors (Lipinski definition) is 5. The standard InChI is InChI=1S/C34H54N4O2/c1-22(6-11-31(40)38-17-16-37(20-24(38)3)32-23(2)19-35-21-36-32)28-9-10-29-27-8-7-25-18-26(39)12-14-33(25,4)30(27)13-15-34(28,29)5/h19,21-22,24-30,39H,6-18,20H2,1-5H3/t22?,24?,25-,26-,27-,28+,29-,30-,33-,34+/m0/s1. The van der Waals surface area contributed by atoms with Gasteiger partial charge in [-0.25, -0.2) is 9.97 Å². The summed E-state index contributed by atoms with van der Waals surface area (Å²) < 4.78 is 0. The molecule has 1 aliphatic heterocycles. The number of aromatic nitrogens is 2. The summed E-state index contributed by atoms with van der Waals surface area (Å²) in [5.74, 6) is 6.03. The van der Waals surface area contributed by atoms with Gasteiger partial charge in [0.25, 0.3) is 0 Å². The molecule has 0 bridgehead atoms. The smallest absolute Gasteiger partial charge is 0.222 e. The number of aryl methyl sites for hydroxylation is 1. The summed E-state index contributed by atoms with van der Waals surface area (Å²) in [6, 6.07) is 0.201. The van der Waals surface area contributed by atoms with Gasteiger partial charge in [-0.15, -0.1) is 0 Å². The molecule has 0 radical (unpaired) electrons. The lowest BCUT2D eigenvalue weighted by molar-refractivity contribution is -0.135. The second-order valence-electron chi connectivity index (χ2n) is 15.2. The lowest BCUT2D eigenvalue weighted by Gasteiger charge is -2.61. The second-order valence-corrected chi connectivity index (χ2v) is 15.2. The summed E-state index contributed by atoms with van der Waals surface area (Å²) in [6.07, 6.45) is 16.7. The molecule has 1 saturated heterocycles. The molecule has 1 N–H and O–H groups in total. The van der Waals surface area contributed by atoms with Crippen LogP contribution in [0.5, 0.6) is 0 Å². The molecule has 40 heavy (non-hydrogen) atoms. The highest BCUT2D eigenvalue weighted by molar-refractivity contribution is 5.77. The van der Waals surface area contributed by atoms with Crippen molar-refractivity contribution >= 4 is 11.7 Å². The largest absolute Gasteiger partial charge is 0.393 e. The number of piperazine rings is 1. The van der Waals surface area contributed by atoms with Crippen LogP contribution in [-0.2, 0) is 4.79 Å². The van der Waals surface area contributed by atoms with E-state index >= 15 is 0 Å². The monoisotopic (exact) mass is 550 g/mol. The van der Waals surface area contributed by atoms with Gasteiger partial charge >= 0.3 is 0 Å². The molecular weight excluding hydrogens is 496 g/mol. The maximum atomic E-state index is 13.4. The van der Waals surface area contributed by atoms with Crippen LogP contribution in [0.25, 0.3) is 0 Å². The van der Waals surface area contributed by atoms with Crippen LogP contribution in [0.15, 0.2) is 12.5 Å². The summed E-state index contributed by atoms with van der Waals surface area (Å²) in [5, 5.41) is 10.4. The van der Waals surface area contributed by atoms with E-state index in [1.54, 1.807) is 6.33 Å². The van der Waals surface area contributed by atoms with E-state index in [1.165, 1.54) is 44.9 Å². The fraction of sp³-hybridized carbons (Fsp3) is 0.853. The molecule has 6 nitrogen and oxygen atoms in total. The maximum absolute atomic E-state index is 13.4. The van der Waals surface area contributed by atoms with E-state index in [4.69, 9.17) is 0 Å². The normalized spacial score (nSPS) is 42.1. The lowest BCUT2D eigenvalue weighted by atomic mass is 9.44. The Morgan fingerprint density at radius 1 is 1.07 bits per heavy atom. The highest BCUT2D eigenvalue weighted by Crippen LogP contribution is 2.68. The van der Waals surface area contributed by atoms with E-state index in [2.05, 4.69) is 54.4 Å². The average molecular weight is 551 g/mol. The number of nitrogens with zero attached hydrogens (tertiary/aromatic N) is 4. The number of fused-ring (bicyclic) bond motifs is 5. The van der Waals surface area contributed by atoms with E-state index in [9.17, 15) is 9.90 Å². The number of hydrogen-bond donors (Lipinski definition) is 1. The summed E-state index contributed by atoms with van der Waals surface area (Å²) in [6.45, 7) is 14.4. The van der Waals surface area contributed by atoms with Gasteiger partial charge in [-0.05, 0) is 124 Å². The summed E-state index contributed by atoms with van der Waals surface area (Å²) in [5.41, 5.74) is 1.99. The third kappa shape index (κ3) is 4.78. The minimum atomic E-state index is -0.0580. The predicted octanol–water partition coefficient (Wildman–Crippen LogP) is 6.26. The molecule has 6 rings (SSSR count). The van der Waals surface area contributed by atoms with Crippen LogP contribution >= 0.6 is 0 Å². The van der Waals surface area contributed by atoms with Gasteiger partial charge in [0.15, 0.2) is 0 Å². The molecule has 2 unspecified atom stereocenters. The fourth-order valence-electron chi connectivity index (χ4n) is 11.2. The van der Waals surface area contributed by atoms with Crippen LogP contribution in [0.1, 0.15) is 104 Å². The van der Waals surface area contributed by atoms with E-state index in [0.29, 0.717) is 29.1 Å². The Balaban J connectivity index is 1.05. The predicted molar refractivity (Wildman–Crippen MR) is 160 cm³/mol. The Bertz CT molecular complexity index is 1080. The van der Waals surface area contributed by atoms with E-state index in [-0.39, 0.29) is 12.1 Å². The topological polar surface area (TPSA) is 69.6 Å². The zero-order chi connectivity index (χ0) is 28.2. The van der Waals surface area contributed by atoms with E-state index in [0.717, 1.165) is 79.9 Å². The Kier molecular flexibility index (Phi) is 7.72. The van der Waals surface area contributed by atoms with Gasteiger partial charge in [-0.3, -0.25) is 4.79 Å². The van der Waals surface area contributed by atoms with Crippen molar-refractivity contribution in [3.05, 3.63) is 18.1 Å². The van der Waals surface area contributed by atoms with E-state index < -0.39 is 0 Å². The Hall–Kier alpha value is -1.69. The van der Waals surface area contributed by atoms with Crippen molar-refractivity contribution in [2.75, 3.05) is 24.5 Å². The molecule has 0 aromatic carbocycles. The molecule has 4 saturated carbocycles. The van der Waals surface area contributed by atoms with Gasteiger partial charge in [0.1, 0.15) is 12.1 Å². The van der Waals surface area contributed by atoms with Gasteiger partial charge in [-0.2, -0.15) is 0 Å². The minimum absolute atomic E-state index is 0.0580. The number of rotatable bonds is 5. The molecular formula is C34H54N4O2. The minimum Gasteiger partial charge on any atom is -0.393 e.